The van der Waals surface area contributed by atoms with Gasteiger partial charge in [-0.1, -0.05) is 22.0 Å². The van der Waals surface area contributed by atoms with Crippen molar-refractivity contribution in [3.8, 4) is 0 Å². The zero-order valence-corrected chi connectivity index (χ0v) is 17.2. The van der Waals surface area contributed by atoms with E-state index in [-0.39, 0.29) is 17.9 Å². The number of rotatable bonds is 5. The predicted octanol–water partition coefficient (Wildman–Crippen LogP) is 4.44. The van der Waals surface area contributed by atoms with Crippen LogP contribution in [0, 0.1) is 0 Å². The number of benzene rings is 2. The summed E-state index contributed by atoms with van der Waals surface area (Å²) in [4.78, 5) is 27.5. The summed E-state index contributed by atoms with van der Waals surface area (Å²) in [6.45, 7) is 5.77. The van der Waals surface area contributed by atoms with Crippen LogP contribution >= 0.6 is 15.9 Å². The van der Waals surface area contributed by atoms with Gasteiger partial charge in [-0.05, 0) is 63.1 Å². The number of nitrogens with zero attached hydrogens (tertiary/aromatic N) is 1. The minimum absolute atomic E-state index is 0.0452. The molecule has 2 N–H and O–H groups in total. The van der Waals surface area contributed by atoms with Gasteiger partial charge < -0.3 is 15.5 Å². The Hall–Kier alpha value is -2.34. The monoisotopic (exact) mass is 429 g/mol. The van der Waals surface area contributed by atoms with Crippen LogP contribution in [0.4, 0.5) is 11.4 Å². The standard InChI is InChI=1S/C21H24BrN3O2/c1-14(2)23-21(27)18-13-17(8-9-19(18)25-10-3-4-11-25)24-20(26)15-6-5-7-16(22)12-15/h5-9,12-14H,3-4,10-11H2,1-2H3,(H,23,27)(H,24,26). The molecule has 5 nitrogen and oxygen atoms in total. The third-order valence-electron chi connectivity index (χ3n) is 4.45. The summed E-state index contributed by atoms with van der Waals surface area (Å²) in [6, 6.07) is 12.8. The van der Waals surface area contributed by atoms with Crippen LogP contribution in [0.25, 0.3) is 0 Å². The SMILES string of the molecule is CC(C)NC(=O)c1cc(NC(=O)c2cccc(Br)c2)ccc1N1CCCC1. The first-order valence-corrected chi connectivity index (χ1v) is 10.00. The average Bonchev–Trinajstić information content (AvgIpc) is 3.15. The van der Waals surface area contributed by atoms with Crippen LogP contribution in [0.2, 0.25) is 0 Å². The second-order valence-electron chi connectivity index (χ2n) is 7.02. The summed E-state index contributed by atoms with van der Waals surface area (Å²) in [5.74, 6) is -0.328. The lowest BCUT2D eigenvalue weighted by molar-refractivity contribution is 0.0942. The van der Waals surface area contributed by atoms with Gasteiger partial charge in [-0.15, -0.1) is 0 Å². The van der Waals surface area contributed by atoms with Gasteiger partial charge >= 0.3 is 0 Å². The van der Waals surface area contributed by atoms with Crippen molar-refractivity contribution in [1.82, 2.24) is 5.32 Å². The Kier molecular flexibility index (Phi) is 6.16. The fourth-order valence-electron chi connectivity index (χ4n) is 3.20. The van der Waals surface area contributed by atoms with Gasteiger partial charge in [-0.3, -0.25) is 9.59 Å². The Labute approximate surface area is 168 Å². The number of nitrogens with one attached hydrogen (secondary N) is 2. The molecule has 2 amide bonds. The van der Waals surface area contributed by atoms with Crippen molar-refractivity contribution in [3.63, 3.8) is 0 Å². The minimum Gasteiger partial charge on any atom is -0.371 e. The quantitative estimate of drug-likeness (QED) is 0.738. The molecule has 0 atom stereocenters. The van der Waals surface area contributed by atoms with E-state index >= 15 is 0 Å². The smallest absolute Gasteiger partial charge is 0.255 e. The third kappa shape index (κ3) is 4.89. The molecule has 142 valence electrons. The van der Waals surface area contributed by atoms with E-state index in [9.17, 15) is 9.59 Å². The highest BCUT2D eigenvalue weighted by atomic mass is 79.9. The zero-order chi connectivity index (χ0) is 19.4. The van der Waals surface area contributed by atoms with E-state index in [1.54, 1.807) is 18.2 Å². The molecule has 27 heavy (non-hydrogen) atoms. The Morgan fingerprint density at radius 3 is 2.44 bits per heavy atom. The number of anilines is 2. The van der Waals surface area contributed by atoms with Gasteiger partial charge in [0.1, 0.15) is 0 Å². The molecule has 1 heterocycles. The van der Waals surface area contributed by atoms with Crippen LogP contribution in [-0.2, 0) is 0 Å². The molecule has 0 spiro atoms. The van der Waals surface area contributed by atoms with Crippen LogP contribution < -0.4 is 15.5 Å². The molecular weight excluding hydrogens is 406 g/mol. The second kappa shape index (κ2) is 8.57. The van der Waals surface area contributed by atoms with Gasteiger partial charge in [0.2, 0.25) is 0 Å². The third-order valence-corrected chi connectivity index (χ3v) is 4.95. The maximum Gasteiger partial charge on any atom is 0.255 e. The summed E-state index contributed by atoms with van der Waals surface area (Å²) in [7, 11) is 0. The number of hydrogen-bond donors (Lipinski definition) is 2. The number of halogens is 1. The highest BCUT2D eigenvalue weighted by Gasteiger charge is 2.21. The highest BCUT2D eigenvalue weighted by Crippen LogP contribution is 2.28. The molecule has 0 unspecified atom stereocenters. The summed E-state index contributed by atoms with van der Waals surface area (Å²) in [6.07, 6.45) is 2.26. The van der Waals surface area contributed by atoms with Crippen LogP contribution in [0.1, 0.15) is 47.4 Å². The number of carbonyl (C=O) groups excluding carboxylic acids is 2. The fourth-order valence-corrected chi connectivity index (χ4v) is 3.60. The van der Waals surface area contributed by atoms with Crippen LogP contribution in [0.5, 0.6) is 0 Å². The largest absolute Gasteiger partial charge is 0.371 e. The van der Waals surface area contributed by atoms with Crippen molar-refractivity contribution >= 4 is 39.1 Å². The minimum atomic E-state index is -0.208. The molecule has 2 aromatic carbocycles. The normalized spacial score (nSPS) is 13.7. The average molecular weight is 430 g/mol. The highest BCUT2D eigenvalue weighted by molar-refractivity contribution is 9.10. The first kappa shape index (κ1) is 19.4. The molecule has 0 aromatic heterocycles. The summed E-state index contributed by atoms with van der Waals surface area (Å²) >= 11 is 3.38. The Balaban J connectivity index is 1.87. The lowest BCUT2D eigenvalue weighted by Crippen LogP contribution is -2.32. The van der Waals surface area contributed by atoms with Crippen LogP contribution in [0.3, 0.4) is 0 Å². The molecular formula is C21H24BrN3O2. The maximum atomic E-state index is 12.7. The lowest BCUT2D eigenvalue weighted by Gasteiger charge is -2.22. The summed E-state index contributed by atoms with van der Waals surface area (Å²) < 4.78 is 0.844. The van der Waals surface area contributed by atoms with Gasteiger partial charge in [-0.25, -0.2) is 0 Å². The predicted molar refractivity (Wildman–Crippen MR) is 113 cm³/mol. The van der Waals surface area contributed by atoms with Crippen molar-refractivity contribution in [3.05, 3.63) is 58.1 Å². The van der Waals surface area contributed by atoms with E-state index in [0.717, 1.165) is 36.1 Å². The molecule has 0 radical (unpaired) electrons. The molecule has 1 fully saturated rings. The van der Waals surface area contributed by atoms with Gasteiger partial charge in [-0.2, -0.15) is 0 Å². The zero-order valence-electron chi connectivity index (χ0n) is 15.6. The first-order chi connectivity index (χ1) is 12.9. The number of hydrogen-bond acceptors (Lipinski definition) is 3. The van der Waals surface area contributed by atoms with E-state index < -0.39 is 0 Å². The fraction of sp³-hybridized carbons (Fsp3) is 0.333. The van der Waals surface area contributed by atoms with Crippen molar-refractivity contribution < 1.29 is 9.59 Å². The molecule has 0 bridgehead atoms. The van der Waals surface area contributed by atoms with Gasteiger partial charge in [0.15, 0.2) is 0 Å². The van der Waals surface area contributed by atoms with Crippen molar-refractivity contribution in [2.75, 3.05) is 23.3 Å². The van der Waals surface area contributed by atoms with E-state index in [1.807, 2.05) is 38.1 Å². The second-order valence-corrected chi connectivity index (χ2v) is 7.93. The maximum absolute atomic E-state index is 12.7. The summed E-state index contributed by atoms with van der Waals surface area (Å²) in [5, 5.41) is 5.85. The molecule has 3 rings (SSSR count). The van der Waals surface area contributed by atoms with Gasteiger partial charge in [0.05, 0.1) is 5.56 Å². The van der Waals surface area contributed by atoms with E-state index in [2.05, 4.69) is 31.5 Å². The van der Waals surface area contributed by atoms with Crippen molar-refractivity contribution in [2.45, 2.75) is 32.7 Å². The topological polar surface area (TPSA) is 61.4 Å². The Bertz CT molecular complexity index is 845. The molecule has 1 aliphatic rings. The Morgan fingerprint density at radius 2 is 1.78 bits per heavy atom. The Morgan fingerprint density at radius 1 is 1.04 bits per heavy atom. The van der Waals surface area contributed by atoms with Crippen molar-refractivity contribution in [1.29, 1.82) is 0 Å². The molecule has 1 aliphatic heterocycles. The lowest BCUT2D eigenvalue weighted by atomic mass is 10.1. The van der Waals surface area contributed by atoms with Gasteiger partial charge in [0, 0.05) is 40.5 Å². The molecule has 0 saturated carbocycles. The van der Waals surface area contributed by atoms with Crippen LogP contribution in [0.15, 0.2) is 46.9 Å². The molecule has 6 heteroatoms. The van der Waals surface area contributed by atoms with E-state index in [4.69, 9.17) is 0 Å². The molecule has 2 aromatic rings. The van der Waals surface area contributed by atoms with E-state index in [1.165, 1.54) is 0 Å². The summed E-state index contributed by atoms with van der Waals surface area (Å²) in [5.41, 5.74) is 2.68. The van der Waals surface area contributed by atoms with Crippen LogP contribution in [-0.4, -0.2) is 30.9 Å². The molecule has 0 aliphatic carbocycles. The number of amides is 2. The van der Waals surface area contributed by atoms with E-state index in [0.29, 0.717) is 16.8 Å². The first-order valence-electron chi connectivity index (χ1n) is 9.21. The molecule has 1 saturated heterocycles. The van der Waals surface area contributed by atoms with Crippen molar-refractivity contribution in [2.24, 2.45) is 0 Å². The number of carbonyl (C=O) groups is 2. The van der Waals surface area contributed by atoms with Gasteiger partial charge in [0.25, 0.3) is 11.8 Å².